The van der Waals surface area contributed by atoms with Crippen LogP contribution in [0.4, 0.5) is 0 Å². The zero-order valence-corrected chi connectivity index (χ0v) is 11.1. The van der Waals surface area contributed by atoms with E-state index in [4.69, 9.17) is 0 Å². The standard InChI is InChI=1S/C11H21N5O/c1-8(2)16-10(13-7-14-16)6-12-9(3)11(17)15(4)5/h7-9,12H,6H2,1-5H3. The van der Waals surface area contributed by atoms with Gasteiger partial charge in [0.05, 0.1) is 12.6 Å². The molecule has 0 saturated carbocycles. The van der Waals surface area contributed by atoms with Crippen LogP contribution in [0.3, 0.4) is 0 Å². The monoisotopic (exact) mass is 239 g/mol. The van der Waals surface area contributed by atoms with Crippen molar-refractivity contribution in [3.63, 3.8) is 0 Å². The van der Waals surface area contributed by atoms with Crippen molar-refractivity contribution < 1.29 is 4.79 Å². The topological polar surface area (TPSA) is 63.1 Å². The van der Waals surface area contributed by atoms with Crippen molar-refractivity contribution >= 4 is 5.91 Å². The third-order valence-corrected chi connectivity index (χ3v) is 2.51. The Labute approximate surface area is 102 Å². The third-order valence-electron chi connectivity index (χ3n) is 2.51. The van der Waals surface area contributed by atoms with Crippen LogP contribution in [0.5, 0.6) is 0 Å². The van der Waals surface area contributed by atoms with Gasteiger partial charge in [0.2, 0.25) is 5.91 Å². The van der Waals surface area contributed by atoms with Gasteiger partial charge in [0.1, 0.15) is 12.2 Å². The van der Waals surface area contributed by atoms with Crippen molar-refractivity contribution in [3.8, 4) is 0 Å². The number of carbonyl (C=O) groups is 1. The molecular formula is C11H21N5O. The lowest BCUT2D eigenvalue weighted by molar-refractivity contribution is -0.130. The summed E-state index contributed by atoms with van der Waals surface area (Å²) in [7, 11) is 3.49. The molecule has 0 aliphatic heterocycles. The molecule has 1 heterocycles. The van der Waals surface area contributed by atoms with Crippen molar-refractivity contribution in [2.45, 2.75) is 39.4 Å². The normalized spacial score (nSPS) is 12.8. The molecule has 0 aromatic carbocycles. The molecule has 0 aliphatic carbocycles. The Morgan fingerprint density at radius 1 is 1.47 bits per heavy atom. The zero-order chi connectivity index (χ0) is 13.0. The van der Waals surface area contributed by atoms with Gasteiger partial charge < -0.3 is 4.90 Å². The second kappa shape index (κ2) is 5.77. The highest BCUT2D eigenvalue weighted by molar-refractivity contribution is 5.80. The summed E-state index contributed by atoms with van der Waals surface area (Å²) in [6.45, 7) is 6.48. The van der Waals surface area contributed by atoms with Crippen LogP contribution in [-0.2, 0) is 11.3 Å². The van der Waals surface area contributed by atoms with Gasteiger partial charge >= 0.3 is 0 Å². The average Bonchev–Trinajstić information content (AvgIpc) is 2.72. The highest BCUT2D eigenvalue weighted by Gasteiger charge is 2.15. The van der Waals surface area contributed by atoms with Gasteiger partial charge in [0.25, 0.3) is 0 Å². The number of hydrogen-bond donors (Lipinski definition) is 1. The predicted molar refractivity (Wildman–Crippen MR) is 65.4 cm³/mol. The Morgan fingerprint density at radius 2 is 2.12 bits per heavy atom. The molecule has 1 rings (SSSR count). The van der Waals surface area contributed by atoms with Crippen molar-refractivity contribution in [1.82, 2.24) is 25.0 Å². The van der Waals surface area contributed by atoms with Crippen LogP contribution in [0, 0.1) is 0 Å². The maximum absolute atomic E-state index is 11.6. The molecule has 0 aliphatic rings. The number of rotatable bonds is 5. The molecule has 6 heteroatoms. The number of nitrogens with zero attached hydrogens (tertiary/aromatic N) is 4. The van der Waals surface area contributed by atoms with Gasteiger partial charge in [0, 0.05) is 20.1 Å². The SMILES string of the molecule is CC(NCc1ncnn1C(C)C)C(=O)N(C)C. The number of carbonyl (C=O) groups excluding carboxylic acids is 1. The fraction of sp³-hybridized carbons (Fsp3) is 0.727. The van der Waals surface area contributed by atoms with Crippen LogP contribution >= 0.6 is 0 Å². The van der Waals surface area contributed by atoms with Crippen LogP contribution in [0.2, 0.25) is 0 Å². The van der Waals surface area contributed by atoms with Crippen molar-refractivity contribution in [2.24, 2.45) is 0 Å². The Bertz CT molecular complexity index is 372. The van der Waals surface area contributed by atoms with Crippen molar-refractivity contribution in [2.75, 3.05) is 14.1 Å². The summed E-state index contributed by atoms with van der Waals surface area (Å²) in [5.41, 5.74) is 0. The Balaban J connectivity index is 2.56. The maximum Gasteiger partial charge on any atom is 0.238 e. The van der Waals surface area contributed by atoms with Crippen LogP contribution in [-0.4, -0.2) is 45.7 Å². The van der Waals surface area contributed by atoms with Crippen LogP contribution < -0.4 is 5.32 Å². The summed E-state index contributed by atoms with van der Waals surface area (Å²) in [6.07, 6.45) is 1.54. The largest absolute Gasteiger partial charge is 0.347 e. The second-order valence-electron chi connectivity index (χ2n) is 4.55. The minimum atomic E-state index is -0.220. The van der Waals surface area contributed by atoms with E-state index >= 15 is 0 Å². The summed E-state index contributed by atoms with van der Waals surface area (Å²) in [5, 5.41) is 7.29. The van der Waals surface area contributed by atoms with E-state index in [0.29, 0.717) is 6.54 Å². The molecule has 96 valence electrons. The van der Waals surface area contributed by atoms with E-state index in [2.05, 4.69) is 15.4 Å². The minimum Gasteiger partial charge on any atom is -0.347 e. The van der Waals surface area contributed by atoms with Gasteiger partial charge in [-0.1, -0.05) is 0 Å². The highest BCUT2D eigenvalue weighted by Crippen LogP contribution is 2.05. The van der Waals surface area contributed by atoms with E-state index in [1.807, 2.05) is 25.5 Å². The number of hydrogen-bond acceptors (Lipinski definition) is 4. The Kier molecular flexibility index (Phi) is 4.62. The van der Waals surface area contributed by atoms with Gasteiger partial charge in [-0.05, 0) is 20.8 Å². The molecule has 0 bridgehead atoms. The molecule has 1 amide bonds. The maximum atomic E-state index is 11.6. The first kappa shape index (κ1) is 13.6. The van der Waals surface area contributed by atoms with Crippen LogP contribution in [0.15, 0.2) is 6.33 Å². The van der Waals surface area contributed by atoms with E-state index in [-0.39, 0.29) is 18.0 Å². The van der Waals surface area contributed by atoms with E-state index in [1.165, 1.54) is 6.33 Å². The van der Waals surface area contributed by atoms with Crippen LogP contribution in [0.1, 0.15) is 32.6 Å². The highest BCUT2D eigenvalue weighted by atomic mass is 16.2. The van der Waals surface area contributed by atoms with E-state index in [1.54, 1.807) is 19.0 Å². The lowest BCUT2D eigenvalue weighted by atomic mass is 10.3. The molecule has 0 spiro atoms. The fourth-order valence-electron chi connectivity index (χ4n) is 1.55. The number of likely N-dealkylation sites (N-methyl/N-ethyl adjacent to an activating group) is 1. The Hall–Kier alpha value is -1.43. The molecule has 17 heavy (non-hydrogen) atoms. The molecular weight excluding hydrogens is 218 g/mol. The molecule has 1 unspecified atom stereocenters. The molecule has 0 radical (unpaired) electrons. The summed E-state index contributed by atoms with van der Waals surface area (Å²) >= 11 is 0. The van der Waals surface area contributed by atoms with Gasteiger partial charge in [-0.3, -0.25) is 10.1 Å². The number of amides is 1. The van der Waals surface area contributed by atoms with Crippen molar-refractivity contribution in [1.29, 1.82) is 0 Å². The first-order valence-corrected chi connectivity index (χ1v) is 5.76. The first-order valence-electron chi connectivity index (χ1n) is 5.76. The molecule has 6 nitrogen and oxygen atoms in total. The lowest BCUT2D eigenvalue weighted by Crippen LogP contribution is -2.41. The molecule has 1 N–H and O–H groups in total. The smallest absolute Gasteiger partial charge is 0.238 e. The average molecular weight is 239 g/mol. The third kappa shape index (κ3) is 3.52. The van der Waals surface area contributed by atoms with E-state index < -0.39 is 0 Å². The summed E-state index contributed by atoms with van der Waals surface area (Å²) in [5.74, 6) is 0.902. The minimum absolute atomic E-state index is 0.0561. The molecule has 0 saturated heterocycles. The first-order chi connectivity index (χ1) is 7.93. The quantitative estimate of drug-likeness (QED) is 0.809. The molecule has 1 aromatic heterocycles. The van der Waals surface area contributed by atoms with Gasteiger partial charge in [-0.25, -0.2) is 9.67 Å². The molecule has 1 aromatic rings. The lowest BCUT2D eigenvalue weighted by Gasteiger charge is -2.18. The van der Waals surface area contributed by atoms with Crippen LogP contribution in [0.25, 0.3) is 0 Å². The van der Waals surface area contributed by atoms with Gasteiger partial charge in [-0.15, -0.1) is 0 Å². The van der Waals surface area contributed by atoms with Gasteiger partial charge in [0.15, 0.2) is 0 Å². The summed E-state index contributed by atoms with van der Waals surface area (Å²) in [4.78, 5) is 17.4. The summed E-state index contributed by atoms with van der Waals surface area (Å²) < 4.78 is 1.85. The molecule has 1 atom stereocenters. The summed E-state index contributed by atoms with van der Waals surface area (Å²) in [6, 6.07) is 0.0523. The zero-order valence-electron chi connectivity index (χ0n) is 11.1. The van der Waals surface area contributed by atoms with Gasteiger partial charge in [-0.2, -0.15) is 5.10 Å². The van der Waals surface area contributed by atoms with Crippen molar-refractivity contribution in [3.05, 3.63) is 12.2 Å². The van der Waals surface area contributed by atoms with E-state index in [0.717, 1.165) is 5.82 Å². The number of nitrogens with one attached hydrogen (secondary N) is 1. The predicted octanol–water partition coefficient (Wildman–Crippen LogP) is 0.425. The fourth-order valence-corrected chi connectivity index (χ4v) is 1.55. The second-order valence-corrected chi connectivity index (χ2v) is 4.55. The van der Waals surface area contributed by atoms with E-state index in [9.17, 15) is 4.79 Å². The Morgan fingerprint density at radius 3 is 2.65 bits per heavy atom. The number of aromatic nitrogens is 3. The molecule has 0 fully saturated rings.